The summed E-state index contributed by atoms with van der Waals surface area (Å²) in [5.41, 5.74) is 0. The number of esters is 1. The number of nitrogens with one attached hydrogen (secondary N) is 1. The Hall–Kier alpha value is -2.09. The first-order valence-corrected chi connectivity index (χ1v) is 9.82. The number of hydrogen-bond acceptors (Lipinski definition) is 5. The first-order chi connectivity index (χ1) is 13.0. The van der Waals surface area contributed by atoms with Gasteiger partial charge in [0.2, 0.25) is 17.9 Å². The zero-order chi connectivity index (χ0) is 19.8. The Kier molecular flexibility index (Phi) is 8.09. The highest BCUT2D eigenvalue weighted by atomic mass is 79.9. The van der Waals surface area contributed by atoms with Gasteiger partial charge in [0, 0.05) is 17.4 Å². The fourth-order valence-corrected chi connectivity index (χ4v) is 3.26. The molecule has 0 bridgehead atoms. The van der Waals surface area contributed by atoms with Gasteiger partial charge < -0.3 is 19.7 Å². The van der Waals surface area contributed by atoms with E-state index in [0.717, 1.165) is 17.3 Å². The summed E-state index contributed by atoms with van der Waals surface area (Å²) < 4.78 is 11.3. The molecule has 1 saturated heterocycles. The van der Waals surface area contributed by atoms with Gasteiger partial charge in [0.1, 0.15) is 11.8 Å². The Bertz CT molecular complexity index is 665. The van der Waals surface area contributed by atoms with Crippen LogP contribution in [0.2, 0.25) is 0 Å². The lowest BCUT2D eigenvalue weighted by atomic mass is 10.0. The Balaban J connectivity index is 2.00. The summed E-state index contributed by atoms with van der Waals surface area (Å²) in [6, 6.07) is 6.50. The van der Waals surface area contributed by atoms with E-state index in [1.807, 2.05) is 0 Å². The van der Waals surface area contributed by atoms with E-state index in [1.54, 1.807) is 36.1 Å². The predicted molar refractivity (Wildman–Crippen MR) is 103 cm³/mol. The van der Waals surface area contributed by atoms with Crippen LogP contribution in [0.25, 0.3) is 0 Å². The smallest absolute Gasteiger partial charge is 0.348 e. The number of benzene rings is 1. The summed E-state index contributed by atoms with van der Waals surface area (Å²) in [5, 5.41) is 2.74. The fourth-order valence-electron chi connectivity index (χ4n) is 3.00. The van der Waals surface area contributed by atoms with E-state index in [4.69, 9.17) is 9.47 Å². The van der Waals surface area contributed by atoms with Crippen molar-refractivity contribution in [1.82, 2.24) is 10.2 Å². The predicted octanol–water partition coefficient (Wildman–Crippen LogP) is 2.28. The van der Waals surface area contributed by atoms with Gasteiger partial charge in [-0.2, -0.15) is 0 Å². The van der Waals surface area contributed by atoms with Gasteiger partial charge in [0.25, 0.3) is 0 Å². The summed E-state index contributed by atoms with van der Waals surface area (Å²) >= 11 is 3.33. The minimum Gasteiger partial charge on any atom is -0.477 e. The van der Waals surface area contributed by atoms with Gasteiger partial charge in [0.05, 0.1) is 13.7 Å². The third-order valence-corrected chi connectivity index (χ3v) is 4.97. The SMILES string of the molecule is CCC(=O)N1CCCC[C@H]1C(=O)NC[C@@H](Oc1ccc(Br)cc1)C(=O)OC. The lowest BCUT2D eigenvalue weighted by molar-refractivity contribution is -0.149. The molecule has 1 aliphatic rings. The van der Waals surface area contributed by atoms with Crippen LogP contribution in [0.15, 0.2) is 28.7 Å². The van der Waals surface area contributed by atoms with Crippen LogP contribution in [0.1, 0.15) is 32.6 Å². The highest BCUT2D eigenvalue weighted by Gasteiger charge is 2.32. The second-order valence-electron chi connectivity index (χ2n) is 6.28. The summed E-state index contributed by atoms with van der Waals surface area (Å²) in [6.45, 7) is 2.33. The number of nitrogens with zero attached hydrogens (tertiary/aromatic N) is 1. The van der Waals surface area contributed by atoms with Gasteiger partial charge >= 0.3 is 5.97 Å². The number of methoxy groups -OCH3 is 1. The molecule has 2 rings (SSSR count). The highest BCUT2D eigenvalue weighted by Crippen LogP contribution is 2.19. The molecule has 1 N–H and O–H groups in total. The van der Waals surface area contributed by atoms with Gasteiger partial charge in [-0.05, 0) is 43.5 Å². The molecule has 7 nitrogen and oxygen atoms in total. The van der Waals surface area contributed by atoms with Crippen molar-refractivity contribution in [3.8, 4) is 5.75 Å². The van der Waals surface area contributed by atoms with E-state index in [-0.39, 0.29) is 18.4 Å². The number of ether oxygens (including phenoxy) is 2. The molecule has 1 fully saturated rings. The molecule has 148 valence electrons. The van der Waals surface area contributed by atoms with E-state index in [0.29, 0.717) is 25.1 Å². The van der Waals surface area contributed by atoms with E-state index in [2.05, 4.69) is 21.2 Å². The molecule has 0 unspecified atom stereocenters. The number of piperidine rings is 1. The zero-order valence-corrected chi connectivity index (χ0v) is 17.2. The molecule has 1 aliphatic heterocycles. The van der Waals surface area contributed by atoms with Crippen molar-refractivity contribution >= 4 is 33.7 Å². The minimum absolute atomic E-state index is 0.0355. The highest BCUT2D eigenvalue weighted by molar-refractivity contribution is 9.10. The molecular formula is C19H25BrN2O5. The number of likely N-dealkylation sites (tertiary alicyclic amines) is 1. The van der Waals surface area contributed by atoms with Gasteiger partial charge in [-0.15, -0.1) is 0 Å². The normalized spacial score (nSPS) is 17.7. The second kappa shape index (κ2) is 10.3. The van der Waals surface area contributed by atoms with Gasteiger partial charge in [-0.3, -0.25) is 9.59 Å². The van der Waals surface area contributed by atoms with Crippen molar-refractivity contribution in [2.75, 3.05) is 20.2 Å². The summed E-state index contributed by atoms with van der Waals surface area (Å²) in [5.74, 6) is -0.401. The van der Waals surface area contributed by atoms with Crippen molar-refractivity contribution in [3.63, 3.8) is 0 Å². The maximum atomic E-state index is 12.6. The molecular weight excluding hydrogens is 416 g/mol. The molecule has 2 atom stereocenters. The molecule has 0 radical (unpaired) electrons. The molecule has 8 heteroatoms. The average Bonchev–Trinajstić information content (AvgIpc) is 2.71. The molecule has 0 aliphatic carbocycles. The average molecular weight is 441 g/mol. The van der Waals surface area contributed by atoms with Crippen molar-refractivity contribution in [2.45, 2.75) is 44.8 Å². The van der Waals surface area contributed by atoms with Gasteiger partial charge in [0.15, 0.2) is 0 Å². The number of carbonyl (C=O) groups is 3. The topological polar surface area (TPSA) is 84.9 Å². The molecule has 1 aromatic carbocycles. The zero-order valence-electron chi connectivity index (χ0n) is 15.6. The summed E-state index contributed by atoms with van der Waals surface area (Å²) in [4.78, 5) is 38.4. The monoisotopic (exact) mass is 440 g/mol. The first kappa shape index (κ1) is 21.2. The molecule has 27 heavy (non-hydrogen) atoms. The van der Waals surface area contributed by atoms with Crippen LogP contribution in [0.4, 0.5) is 0 Å². The van der Waals surface area contributed by atoms with Crippen LogP contribution in [0.3, 0.4) is 0 Å². The molecule has 2 amide bonds. The lowest BCUT2D eigenvalue weighted by Gasteiger charge is -2.34. The standard InChI is InChI=1S/C19H25BrN2O5/c1-3-17(23)22-11-5-4-6-15(22)18(24)21-12-16(19(25)26-2)27-14-9-7-13(20)8-10-14/h7-10,15-16H,3-6,11-12H2,1-2H3,(H,21,24)/t15-,16+/m0/s1. The number of amides is 2. The van der Waals surface area contributed by atoms with E-state index >= 15 is 0 Å². The third kappa shape index (κ3) is 5.95. The number of halogens is 1. The van der Waals surface area contributed by atoms with Gasteiger partial charge in [-0.25, -0.2) is 4.79 Å². The van der Waals surface area contributed by atoms with Crippen LogP contribution >= 0.6 is 15.9 Å². The molecule has 1 heterocycles. The lowest BCUT2D eigenvalue weighted by Crippen LogP contribution is -2.53. The van der Waals surface area contributed by atoms with Gasteiger partial charge in [-0.1, -0.05) is 22.9 Å². The molecule has 0 spiro atoms. The van der Waals surface area contributed by atoms with Crippen LogP contribution in [-0.2, 0) is 19.1 Å². The maximum Gasteiger partial charge on any atom is 0.348 e. The Morgan fingerprint density at radius 1 is 1.26 bits per heavy atom. The molecule has 0 saturated carbocycles. The van der Waals surface area contributed by atoms with E-state index in [9.17, 15) is 14.4 Å². The number of carbonyl (C=O) groups excluding carboxylic acids is 3. The van der Waals surface area contributed by atoms with E-state index < -0.39 is 18.1 Å². The quantitative estimate of drug-likeness (QED) is 0.657. The summed E-state index contributed by atoms with van der Waals surface area (Å²) in [7, 11) is 1.27. The van der Waals surface area contributed by atoms with Crippen molar-refractivity contribution < 1.29 is 23.9 Å². The first-order valence-electron chi connectivity index (χ1n) is 9.03. The molecule has 1 aromatic rings. The Morgan fingerprint density at radius 3 is 2.59 bits per heavy atom. The maximum absolute atomic E-state index is 12.6. The number of hydrogen-bond donors (Lipinski definition) is 1. The van der Waals surface area contributed by atoms with Crippen LogP contribution in [0.5, 0.6) is 5.75 Å². The third-order valence-electron chi connectivity index (χ3n) is 4.45. The minimum atomic E-state index is -0.973. The van der Waals surface area contributed by atoms with Crippen LogP contribution in [-0.4, -0.2) is 55.0 Å². The molecule has 0 aromatic heterocycles. The van der Waals surface area contributed by atoms with Crippen LogP contribution < -0.4 is 10.1 Å². The fraction of sp³-hybridized carbons (Fsp3) is 0.526. The Morgan fingerprint density at radius 2 is 1.96 bits per heavy atom. The van der Waals surface area contributed by atoms with Crippen LogP contribution in [0, 0.1) is 0 Å². The summed E-state index contributed by atoms with van der Waals surface area (Å²) in [6.07, 6.45) is 1.79. The Labute approximate surface area is 167 Å². The number of rotatable bonds is 7. The van der Waals surface area contributed by atoms with Crippen molar-refractivity contribution in [1.29, 1.82) is 0 Å². The van der Waals surface area contributed by atoms with E-state index in [1.165, 1.54) is 7.11 Å². The van der Waals surface area contributed by atoms with Crippen molar-refractivity contribution in [3.05, 3.63) is 28.7 Å². The second-order valence-corrected chi connectivity index (χ2v) is 7.20. The largest absolute Gasteiger partial charge is 0.477 e. The van der Waals surface area contributed by atoms with Crippen molar-refractivity contribution in [2.24, 2.45) is 0 Å².